The van der Waals surface area contributed by atoms with Crippen molar-refractivity contribution in [2.75, 3.05) is 41.0 Å². The van der Waals surface area contributed by atoms with Crippen LogP contribution in [0.25, 0.3) is 0 Å². The fraction of sp³-hybridized carbons (Fsp3) is 0.707. The molecule has 0 aliphatic rings. The van der Waals surface area contributed by atoms with Crippen molar-refractivity contribution < 1.29 is 38.2 Å². The zero-order chi connectivity index (χ0) is 48.4. The molecule has 0 fully saturated rings. The third kappa shape index (κ3) is 45.7. The number of hydrogen-bond donors (Lipinski definition) is 1. The molecule has 0 saturated carbocycles. The number of carbonyl (C=O) groups excluding carboxylic acids is 2. The van der Waals surface area contributed by atoms with Crippen molar-refractivity contribution in [2.45, 2.75) is 225 Å². The predicted molar refractivity (Wildman–Crippen MR) is 280 cm³/mol. The molecule has 0 spiro atoms. The van der Waals surface area contributed by atoms with E-state index in [2.05, 4.69) is 98.9 Å². The molecular formula is C58H100NO7+. The van der Waals surface area contributed by atoms with Crippen LogP contribution in [0.1, 0.15) is 213 Å². The Labute approximate surface area is 405 Å². The van der Waals surface area contributed by atoms with Gasteiger partial charge in [0, 0.05) is 19.3 Å². The summed E-state index contributed by atoms with van der Waals surface area (Å²) in [6.07, 6.45) is 63.6. The highest BCUT2D eigenvalue weighted by atomic mass is 16.6. The van der Waals surface area contributed by atoms with E-state index < -0.39 is 18.1 Å². The molecule has 0 heterocycles. The van der Waals surface area contributed by atoms with Crippen LogP contribution in [0.2, 0.25) is 0 Å². The molecule has 2 atom stereocenters. The number of allylic oxidation sites excluding steroid dienone is 14. The first-order valence-corrected chi connectivity index (χ1v) is 26.6. The Balaban J connectivity index is 4.33. The largest absolute Gasteiger partial charge is 0.477 e. The van der Waals surface area contributed by atoms with Gasteiger partial charge in [0.25, 0.3) is 0 Å². The minimum Gasteiger partial charge on any atom is -0.477 e. The Morgan fingerprint density at radius 2 is 0.848 bits per heavy atom. The maximum atomic E-state index is 12.8. The van der Waals surface area contributed by atoms with Crippen molar-refractivity contribution >= 4 is 17.9 Å². The van der Waals surface area contributed by atoms with Crippen LogP contribution >= 0.6 is 0 Å². The molecule has 0 aliphatic heterocycles. The summed E-state index contributed by atoms with van der Waals surface area (Å²) in [5.74, 6) is -1.53. The zero-order valence-corrected chi connectivity index (χ0v) is 43.1. The molecule has 8 nitrogen and oxygen atoms in total. The summed E-state index contributed by atoms with van der Waals surface area (Å²) in [6, 6.07) is -0.629. The van der Waals surface area contributed by atoms with E-state index >= 15 is 0 Å². The second-order valence-electron chi connectivity index (χ2n) is 18.7. The molecule has 378 valence electrons. The van der Waals surface area contributed by atoms with Crippen LogP contribution in [-0.2, 0) is 28.6 Å². The van der Waals surface area contributed by atoms with Gasteiger partial charge in [0.05, 0.1) is 34.4 Å². The second-order valence-corrected chi connectivity index (χ2v) is 18.7. The maximum Gasteiger partial charge on any atom is 0.362 e. The highest BCUT2D eigenvalue weighted by Crippen LogP contribution is 2.14. The number of nitrogens with zero attached hydrogens (tertiary/aromatic N) is 1. The van der Waals surface area contributed by atoms with Crippen molar-refractivity contribution in [1.82, 2.24) is 0 Å². The topological polar surface area (TPSA) is 99.1 Å². The van der Waals surface area contributed by atoms with E-state index in [1.165, 1.54) is 103 Å². The van der Waals surface area contributed by atoms with Gasteiger partial charge in [-0.3, -0.25) is 9.59 Å². The molecule has 0 bridgehead atoms. The smallest absolute Gasteiger partial charge is 0.362 e. The third-order valence-electron chi connectivity index (χ3n) is 11.5. The lowest BCUT2D eigenvalue weighted by molar-refractivity contribution is -0.887. The molecule has 0 aromatic carbocycles. The van der Waals surface area contributed by atoms with E-state index in [9.17, 15) is 19.5 Å². The maximum absolute atomic E-state index is 12.8. The average Bonchev–Trinajstić information content (AvgIpc) is 3.28. The van der Waals surface area contributed by atoms with Crippen molar-refractivity contribution in [1.29, 1.82) is 0 Å². The fourth-order valence-electron chi connectivity index (χ4n) is 7.44. The molecule has 8 heteroatoms. The van der Waals surface area contributed by atoms with E-state index in [0.29, 0.717) is 19.3 Å². The monoisotopic (exact) mass is 923 g/mol. The first-order chi connectivity index (χ1) is 32.1. The average molecular weight is 923 g/mol. The Kier molecular flexibility index (Phi) is 45.4. The summed E-state index contributed by atoms with van der Waals surface area (Å²) in [4.78, 5) is 37.2. The summed E-state index contributed by atoms with van der Waals surface area (Å²) in [7, 11) is 5.51. The number of aliphatic carboxylic acids is 1. The van der Waals surface area contributed by atoms with E-state index in [1.807, 2.05) is 21.1 Å². The number of carboxylic acid groups (broad SMARTS) is 1. The second kappa shape index (κ2) is 48.0. The van der Waals surface area contributed by atoms with Gasteiger partial charge < -0.3 is 23.8 Å². The number of esters is 2. The summed E-state index contributed by atoms with van der Waals surface area (Å²) < 4.78 is 17.3. The van der Waals surface area contributed by atoms with Crippen LogP contribution in [-0.4, -0.2) is 80.6 Å². The van der Waals surface area contributed by atoms with Crippen LogP contribution in [0.3, 0.4) is 0 Å². The first-order valence-electron chi connectivity index (χ1n) is 26.6. The summed E-state index contributed by atoms with van der Waals surface area (Å²) >= 11 is 0. The lowest BCUT2D eigenvalue weighted by Gasteiger charge is -2.31. The van der Waals surface area contributed by atoms with Crippen LogP contribution in [0.15, 0.2) is 85.1 Å². The van der Waals surface area contributed by atoms with Crippen LogP contribution < -0.4 is 0 Å². The Hall–Kier alpha value is -3.49. The van der Waals surface area contributed by atoms with Gasteiger partial charge in [-0.2, -0.15) is 0 Å². The minimum absolute atomic E-state index is 0.0379. The van der Waals surface area contributed by atoms with Crippen LogP contribution in [0.5, 0.6) is 0 Å². The van der Waals surface area contributed by atoms with Crippen molar-refractivity contribution in [3.8, 4) is 0 Å². The van der Waals surface area contributed by atoms with Crippen molar-refractivity contribution in [2.24, 2.45) is 0 Å². The number of carboxylic acids is 1. The van der Waals surface area contributed by atoms with E-state index in [1.54, 1.807) is 0 Å². The molecular weight excluding hydrogens is 823 g/mol. The number of quaternary nitrogens is 1. The van der Waals surface area contributed by atoms with Gasteiger partial charge in [-0.1, -0.05) is 189 Å². The number of unbranched alkanes of at least 4 members (excludes halogenated alkanes) is 19. The van der Waals surface area contributed by atoms with Crippen LogP contribution in [0.4, 0.5) is 0 Å². The molecule has 0 rings (SSSR count). The van der Waals surface area contributed by atoms with Gasteiger partial charge in [0.1, 0.15) is 6.61 Å². The minimum atomic E-state index is -0.885. The third-order valence-corrected chi connectivity index (χ3v) is 11.5. The number of rotatable bonds is 47. The van der Waals surface area contributed by atoms with E-state index in [4.69, 9.17) is 14.2 Å². The molecule has 0 aromatic rings. The van der Waals surface area contributed by atoms with Gasteiger partial charge in [0.15, 0.2) is 12.1 Å². The number of carbonyl (C=O) groups is 3. The molecule has 0 aliphatic carbocycles. The highest BCUT2D eigenvalue weighted by Gasteiger charge is 2.31. The summed E-state index contributed by atoms with van der Waals surface area (Å²) in [6.45, 7) is 4.58. The van der Waals surface area contributed by atoms with Crippen molar-refractivity contribution in [3.05, 3.63) is 85.1 Å². The van der Waals surface area contributed by atoms with Gasteiger partial charge in [-0.15, -0.1) is 0 Å². The molecule has 2 unspecified atom stereocenters. The molecule has 66 heavy (non-hydrogen) atoms. The standard InChI is InChI=1S/C58H99NO7/c1-6-8-10-12-14-16-18-20-22-24-26-28-30-32-34-36-38-40-42-44-46-48-56(60)65-53-54(52-64-51-50-55(58(62)63)59(3,4)5)66-57(61)49-47-45-43-41-39-37-35-33-31-29-27-25-23-21-19-17-15-13-11-9-7-2/h9,11,15,17,21,23,27-30,33,35,39,41,54-55H,6-8,10,12-14,16,18-20,22,24-26,31-32,34,36-38,40,42-53H2,1-5H3/p+1/b11-9+,17-15+,23-21+,29-27+,30-28+,35-33+,41-39+. The normalized spacial score (nSPS) is 13.5. The van der Waals surface area contributed by atoms with Crippen molar-refractivity contribution in [3.63, 3.8) is 0 Å². The van der Waals surface area contributed by atoms with Gasteiger partial charge >= 0.3 is 17.9 Å². The lowest BCUT2D eigenvalue weighted by atomic mass is 10.1. The number of likely N-dealkylation sites (N-methyl/N-ethyl adjacent to an activating group) is 1. The fourth-order valence-corrected chi connectivity index (χ4v) is 7.44. The van der Waals surface area contributed by atoms with Gasteiger partial charge in [-0.05, 0) is 89.9 Å². The molecule has 0 aromatic heterocycles. The highest BCUT2D eigenvalue weighted by molar-refractivity contribution is 5.72. The Bertz CT molecular complexity index is 1350. The van der Waals surface area contributed by atoms with Gasteiger partial charge in [0.2, 0.25) is 0 Å². The zero-order valence-electron chi connectivity index (χ0n) is 43.1. The van der Waals surface area contributed by atoms with E-state index in [-0.39, 0.29) is 42.7 Å². The summed E-state index contributed by atoms with van der Waals surface area (Å²) in [5, 5.41) is 9.66. The van der Waals surface area contributed by atoms with E-state index in [0.717, 1.165) is 70.6 Å². The molecule has 1 N–H and O–H groups in total. The van der Waals surface area contributed by atoms with Gasteiger partial charge in [-0.25, -0.2) is 4.79 Å². The summed E-state index contributed by atoms with van der Waals surface area (Å²) in [5.41, 5.74) is 0. The molecule has 0 radical (unpaired) electrons. The van der Waals surface area contributed by atoms with Crippen LogP contribution in [0, 0.1) is 0 Å². The molecule has 0 amide bonds. The quantitative estimate of drug-likeness (QED) is 0.0281. The molecule has 0 saturated heterocycles. The number of hydrogen-bond acceptors (Lipinski definition) is 6. The predicted octanol–water partition coefficient (Wildman–Crippen LogP) is 15.6. The number of ether oxygens (including phenoxy) is 3. The Morgan fingerprint density at radius 3 is 1.30 bits per heavy atom. The first kappa shape index (κ1) is 62.5. The lowest BCUT2D eigenvalue weighted by Crippen LogP contribution is -2.50. The Morgan fingerprint density at radius 1 is 0.470 bits per heavy atom. The SMILES string of the molecule is CC/C=C/C/C=C/C/C=C/C/C=C/C/C=C/C/C=C/CCCCC(=O)OC(COCCC(C(=O)O)[N+](C)(C)C)COC(=O)CCCCCCCCC/C=C/CCCCCCCCCCCC.